The van der Waals surface area contributed by atoms with Crippen LogP contribution in [0.3, 0.4) is 0 Å². The van der Waals surface area contributed by atoms with Gasteiger partial charge in [0, 0.05) is 29.6 Å². The number of carbonyl (C=O) groups is 1. The molecule has 2 aromatic carbocycles. The number of aromatic nitrogens is 2. The number of hydrogen-bond acceptors (Lipinski definition) is 7. The van der Waals surface area contributed by atoms with E-state index in [1.165, 1.54) is 27.7 Å². The van der Waals surface area contributed by atoms with Gasteiger partial charge in [0.1, 0.15) is 17.8 Å². The van der Waals surface area contributed by atoms with Crippen molar-refractivity contribution in [2.45, 2.75) is 0 Å². The van der Waals surface area contributed by atoms with Gasteiger partial charge in [-0.2, -0.15) is 0 Å². The van der Waals surface area contributed by atoms with Crippen LogP contribution in [0.2, 0.25) is 0 Å². The molecule has 0 bridgehead atoms. The van der Waals surface area contributed by atoms with E-state index in [4.69, 9.17) is 14.2 Å². The van der Waals surface area contributed by atoms with Crippen molar-refractivity contribution in [2.24, 2.45) is 0 Å². The fourth-order valence-corrected chi connectivity index (χ4v) is 2.57. The number of hydrogen-bond donors (Lipinski definition) is 2. The van der Waals surface area contributed by atoms with Crippen molar-refractivity contribution in [1.82, 2.24) is 9.97 Å². The minimum absolute atomic E-state index is 0.210. The number of carbonyl (C=O) groups excluding carboxylic acids is 1. The van der Waals surface area contributed by atoms with E-state index in [-0.39, 0.29) is 5.69 Å². The van der Waals surface area contributed by atoms with Crippen molar-refractivity contribution in [3.05, 3.63) is 60.6 Å². The van der Waals surface area contributed by atoms with Crippen molar-refractivity contribution in [2.75, 3.05) is 32.0 Å². The maximum Gasteiger partial charge on any atom is 0.274 e. The zero-order valence-electron chi connectivity index (χ0n) is 15.7. The summed E-state index contributed by atoms with van der Waals surface area (Å²) in [5, 5.41) is 5.90. The van der Waals surface area contributed by atoms with Crippen LogP contribution in [0.5, 0.6) is 17.2 Å². The summed E-state index contributed by atoms with van der Waals surface area (Å²) in [6.07, 6.45) is 1.33. The van der Waals surface area contributed by atoms with E-state index in [1.807, 2.05) is 30.3 Å². The number of methoxy groups -OCH3 is 3. The average molecular weight is 380 g/mol. The molecule has 0 fully saturated rings. The molecule has 0 unspecified atom stereocenters. The molecule has 0 aliphatic carbocycles. The second kappa shape index (κ2) is 8.72. The average Bonchev–Trinajstić information content (AvgIpc) is 2.73. The van der Waals surface area contributed by atoms with Crippen LogP contribution < -0.4 is 24.8 Å². The van der Waals surface area contributed by atoms with E-state index in [2.05, 4.69) is 20.6 Å². The van der Waals surface area contributed by atoms with Gasteiger partial charge in [0.05, 0.1) is 21.3 Å². The van der Waals surface area contributed by atoms with E-state index >= 15 is 0 Å². The van der Waals surface area contributed by atoms with E-state index < -0.39 is 5.91 Å². The van der Waals surface area contributed by atoms with Crippen LogP contribution in [0.1, 0.15) is 10.5 Å². The van der Waals surface area contributed by atoms with Crippen molar-refractivity contribution in [3.8, 4) is 17.2 Å². The van der Waals surface area contributed by atoms with Crippen LogP contribution in [0.25, 0.3) is 0 Å². The maximum atomic E-state index is 12.6. The Morgan fingerprint density at radius 1 is 0.857 bits per heavy atom. The summed E-state index contributed by atoms with van der Waals surface area (Å²) in [6, 6.07) is 14.4. The smallest absolute Gasteiger partial charge is 0.274 e. The maximum absolute atomic E-state index is 12.6. The molecule has 1 heterocycles. The van der Waals surface area contributed by atoms with Gasteiger partial charge in [-0.05, 0) is 12.1 Å². The summed E-state index contributed by atoms with van der Waals surface area (Å²) in [7, 11) is 4.53. The molecule has 0 saturated heterocycles. The molecule has 1 amide bonds. The van der Waals surface area contributed by atoms with E-state index in [0.29, 0.717) is 28.8 Å². The summed E-state index contributed by atoms with van der Waals surface area (Å²) >= 11 is 0. The summed E-state index contributed by atoms with van der Waals surface area (Å²) in [4.78, 5) is 20.8. The number of benzene rings is 2. The Bertz CT molecular complexity index is 938. The molecular weight excluding hydrogens is 360 g/mol. The van der Waals surface area contributed by atoms with Gasteiger partial charge in [0.2, 0.25) is 5.75 Å². The number of amides is 1. The molecule has 28 heavy (non-hydrogen) atoms. The molecule has 1 aromatic heterocycles. The van der Waals surface area contributed by atoms with Crippen molar-refractivity contribution in [3.63, 3.8) is 0 Å². The first-order valence-electron chi connectivity index (χ1n) is 8.40. The molecule has 0 radical (unpaired) electrons. The highest BCUT2D eigenvalue weighted by Crippen LogP contribution is 2.40. The van der Waals surface area contributed by atoms with Crippen molar-refractivity contribution >= 4 is 23.1 Å². The van der Waals surface area contributed by atoms with E-state index in [0.717, 1.165) is 5.69 Å². The molecular formula is C20H20N4O4. The highest BCUT2D eigenvalue weighted by atomic mass is 16.5. The molecule has 0 spiro atoms. The van der Waals surface area contributed by atoms with Gasteiger partial charge in [-0.3, -0.25) is 4.79 Å². The monoisotopic (exact) mass is 380 g/mol. The molecule has 0 aliphatic heterocycles. The first-order chi connectivity index (χ1) is 13.6. The van der Waals surface area contributed by atoms with Gasteiger partial charge in [-0.15, -0.1) is 0 Å². The van der Waals surface area contributed by atoms with Gasteiger partial charge >= 0.3 is 0 Å². The fraction of sp³-hybridized carbons (Fsp3) is 0.150. The Hall–Kier alpha value is -3.81. The van der Waals surface area contributed by atoms with Crippen LogP contribution in [0, 0.1) is 0 Å². The first-order valence-corrected chi connectivity index (χ1v) is 8.40. The van der Waals surface area contributed by atoms with Crippen molar-refractivity contribution in [1.29, 1.82) is 0 Å². The summed E-state index contributed by atoms with van der Waals surface area (Å²) < 4.78 is 15.9. The lowest BCUT2D eigenvalue weighted by Crippen LogP contribution is -2.14. The lowest BCUT2D eigenvalue weighted by Gasteiger charge is -2.14. The van der Waals surface area contributed by atoms with Crippen LogP contribution >= 0.6 is 0 Å². The molecule has 2 N–H and O–H groups in total. The molecule has 3 aromatic rings. The molecule has 8 heteroatoms. The van der Waals surface area contributed by atoms with Gasteiger partial charge in [-0.1, -0.05) is 18.2 Å². The second-order valence-corrected chi connectivity index (χ2v) is 5.65. The minimum Gasteiger partial charge on any atom is -0.493 e. The Kier molecular flexibility index (Phi) is 5.91. The Balaban J connectivity index is 1.81. The molecule has 0 atom stereocenters. The zero-order chi connectivity index (χ0) is 19.9. The number of anilines is 3. The van der Waals surface area contributed by atoms with Crippen molar-refractivity contribution < 1.29 is 19.0 Å². The number of rotatable bonds is 7. The number of nitrogens with zero attached hydrogens (tertiary/aromatic N) is 2. The third-order valence-corrected chi connectivity index (χ3v) is 3.87. The largest absolute Gasteiger partial charge is 0.493 e. The predicted molar refractivity (Wildman–Crippen MR) is 106 cm³/mol. The second-order valence-electron chi connectivity index (χ2n) is 5.65. The van der Waals surface area contributed by atoms with Crippen LogP contribution in [0.4, 0.5) is 17.2 Å². The van der Waals surface area contributed by atoms with E-state index in [9.17, 15) is 4.79 Å². The van der Waals surface area contributed by atoms with Gasteiger partial charge in [0.25, 0.3) is 5.91 Å². The number of para-hydroxylation sites is 1. The normalized spacial score (nSPS) is 10.1. The summed E-state index contributed by atoms with van der Waals surface area (Å²) in [5.74, 6) is 1.43. The molecule has 0 aliphatic rings. The zero-order valence-corrected chi connectivity index (χ0v) is 15.7. The highest BCUT2D eigenvalue weighted by molar-refractivity contribution is 6.03. The SMILES string of the molecule is COc1cc(NC(=O)c2cc(Nc3ccccc3)ncn2)cc(OC)c1OC. The topological polar surface area (TPSA) is 94.6 Å². The summed E-state index contributed by atoms with van der Waals surface area (Å²) in [5.41, 5.74) is 1.55. The third-order valence-electron chi connectivity index (χ3n) is 3.87. The van der Waals surface area contributed by atoms with Gasteiger partial charge < -0.3 is 24.8 Å². The van der Waals surface area contributed by atoms with Crippen LogP contribution in [0.15, 0.2) is 54.9 Å². The number of nitrogens with one attached hydrogen (secondary N) is 2. The number of ether oxygens (including phenoxy) is 3. The fourth-order valence-electron chi connectivity index (χ4n) is 2.57. The summed E-state index contributed by atoms with van der Waals surface area (Å²) in [6.45, 7) is 0. The van der Waals surface area contributed by atoms with Gasteiger partial charge in [-0.25, -0.2) is 9.97 Å². The Morgan fingerprint density at radius 2 is 1.54 bits per heavy atom. The minimum atomic E-state index is -0.396. The highest BCUT2D eigenvalue weighted by Gasteiger charge is 2.16. The van der Waals surface area contributed by atoms with Crippen LogP contribution in [-0.2, 0) is 0 Å². The van der Waals surface area contributed by atoms with E-state index in [1.54, 1.807) is 18.2 Å². The lowest BCUT2D eigenvalue weighted by molar-refractivity contribution is 0.102. The molecule has 8 nitrogen and oxygen atoms in total. The predicted octanol–water partition coefficient (Wildman–Crippen LogP) is 3.50. The Morgan fingerprint density at radius 3 is 2.14 bits per heavy atom. The quantitative estimate of drug-likeness (QED) is 0.648. The lowest BCUT2D eigenvalue weighted by atomic mass is 10.2. The Labute approximate surface area is 162 Å². The molecule has 0 saturated carbocycles. The first kappa shape index (κ1) is 19.0. The standard InChI is InChI=1S/C20H20N4O4/c1-26-16-9-14(10-17(27-2)19(16)28-3)24-20(25)15-11-18(22-12-21-15)23-13-7-5-4-6-8-13/h4-12H,1-3H3,(H,24,25)(H,21,22,23). The van der Waals surface area contributed by atoms with Gasteiger partial charge in [0.15, 0.2) is 11.5 Å². The molecule has 144 valence electrons. The molecule has 3 rings (SSSR count). The van der Waals surface area contributed by atoms with Crippen LogP contribution in [-0.4, -0.2) is 37.2 Å². The third kappa shape index (κ3) is 4.29.